The van der Waals surface area contributed by atoms with E-state index in [9.17, 15) is 9.90 Å². The second-order valence-electron chi connectivity index (χ2n) is 5.40. The minimum absolute atomic E-state index is 0.0107. The Morgan fingerprint density at radius 3 is 2.95 bits per heavy atom. The summed E-state index contributed by atoms with van der Waals surface area (Å²) in [5.41, 5.74) is 2.63. The summed E-state index contributed by atoms with van der Waals surface area (Å²) in [6, 6.07) is 6.11. The summed E-state index contributed by atoms with van der Waals surface area (Å²) in [6.07, 6.45) is 2.42. The normalized spacial score (nSPS) is 25.5. The lowest BCUT2D eigenvalue weighted by Gasteiger charge is -2.18. The van der Waals surface area contributed by atoms with Gasteiger partial charge in [-0.05, 0) is 36.5 Å². The van der Waals surface area contributed by atoms with Crippen molar-refractivity contribution in [1.29, 1.82) is 0 Å². The highest BCUT2D eigenvalue weighted by atomic mass is 16.5. The highest BCUT2D eigenvalue weighted by Crippen LogP contribution is 2.32. The Kier molecular flexibility index (Phi) is 3.19. The number of aliphatic hydroxyl groups excluding tert-OH is 1. The number of aryl methyl sites for hydroxylation is 1. The van der Waals surface area contributed by atoms with Gasteiger partial charge in [0.1, 0.15) is 18.0 Å². The molecule has 1 heterocycles. The van der Waals surface area contributed by atoms with Gasteiger partial charge in [0, 0.05) is 6.92 Å². The van der Waals surface area contributed by atoms with Crippen LogP contribution in [0, 0.1) is 0 Å². The van der Waals surface area contributed by atoms with Crippen molar-refractivity contribution in [2.45, 2.75) is 38.4 Å². The second kappa shape index (κ2) is 4.85. The summed E-state index contributed by atoms with van der Waals surface area (Å²) in [6.45, 7) is 2.37. The molecule has 1 saturated heterocycles. The molecule has 1 aromatic rings. The molecule has 1 aliphatic heterocycles. The van der Waals surface area contributed by atoms with Gasteiger partial charge in [-0.2, -0.15) is 0 Å². The summed E-state index contributed by atoms with van der Waals surface area (Å²) in [5.74, 6) is 0.868. The summed E-state index contributed by atoms with van der Waals surface area (Å²) in [7, 11) is 0. The van der Waals surface area contributed by atoms with Crippen LogP contribution >= 0.6 is 0 Å². The van der Waals surface area contributed by atoms with E-state index in [0.29, 0.717) is 13.1 Å². The van der Waals surface area contributed by atoms with Crippen molar-refractivity contribution < 1.29 is 14.6 Å². The van der Waals surface area contributed by atoms with Crippen LogP contribution in [-0.4, -0.2) is 41.2 Å². The predicted molar refractivity (Wildman–Crippen MR) is 71.1 cm³/mol. The van der Waals surface area contributed by atoms with Gasteiger partial charge in [-0.15, -0.1) is 0 Å². The highest BCUT2D eigenvalue weighted by Gasteiger charge is 2.34. The standard InChI is InChI=1S/C15H19NO3/c1-10(17)16-8-13(18)15(9-16)19-14-7-3-5-11-4-2-6-12(11)14/h3,5,7,13,15,18H,2,4,6,8-9H2,1H3/t13-,15-/m1/s1. The quantitative estimate of drug-likeness (QED) is 0.868. The summed E-state index contributed by atoms with van der Waals surface area (Å²) in [4.78, 5) is 13.0. The van der Waals surface area contributed by atoms with Gasteiger partial charge in [0.25, 0.3) is 0 Å². The Hall–Kier alpha value is -1.55. The zero-order valence-electron chi connectivity index (χ0n) is 11.1. The Morgan fingerprint density at radius 2 is 2.21 bits per heavy atom. The van der Waals surface area contributed by atoms with Gasteiger partial charge >= 0.3 is 0 Å². The number of fused-ring (bicyclic) bond motifs is 1. The fraction of sp³-hybridized carbons (Fsp3) is 0.533. The average molecular weight is 261 g/mol. The third kappa shape index (κ3) is 2.32. The molecular formula is C15H19NO3. The molecule has 0 saturated carbocycles. The first-order chi connectivity index (χ1) is 9.15. The molecular weight excluding hydrogens is 242 g/mol. The first kappa shape index (κ1) is 12.5. The van der Waals surface area contributed by atoms with Gasteiger partial charge in [0.2, 0.25) is 5.91 Å². The van der Waals surface area contributed by atoms with Crippen LogP contribution in [0.15, 0.2) is 18.2 Å². The van der Waals surface area contributed by atoms with Gasteiger partial charge in [0.15, 0.2) is 0 Å². The van der Waals surface area contributed by atoms with Gasteiger partial charge in [-0.1, -0.05) is 12.1 Å². The van der Waals surface area contributed by atoms with Gasteiger partial charge in [0.05, 0.1) is 13.1 Å². The molecule has 102 valence electrons. The Balaban J connectivity index is 1.76. The lowest BCUT2D eigenvalue weighted by molar-refractivity contribution is -0.128. The molecule has 2 aliphatic rings. The average Bonchev–Trinajstić information content (AvgIpc) is 2.97. The lowest BCUT2D eigenvalue weighted by atomic mass is 10.1. The van der Waals surface area contributed by atoms with E-state index in [-0.39, 0.29) is 12.0 Å². The van der Waals surface area contributed by atoms with E-state index >= 15 is 0 Å². The van der Waals surface area contributed by atoms with E-state index in [2.05, 4.69) is 6.07 Å². The van der Waals surface area contributed by atoms with Crippen molar-refractivity contribution >= 4 is 5.91 Å². The van der Waals surface area contributed by atoms with E-state index in [0.717, 1.165) is 18.6 Å². The fourth-order valence-electron chi connectivity index (χ4n) is 2.99. The maximum absolute atomic E-state index is 11.3. The number of aliphatic hydroxyl groups is 1. The molecule has 0 bridgehead atoms. The third-order valence-corrected chi connectivity index (χ3v) is 4.06. The predicted octanol–water partition coefficient (Wildman–Crippen LogP) is 1.15. The molecule has 1 amide bonds. The topological polar surface area (TPSA) is 49.8 Å². The van der Waals surface area contributed by atoms with E-state index < -0.39 is 6.10 Å². The Labute approximate surface area is 113 Å². The van der Waals surface area contributed by atoms with E-state index in [1.807, 2.05) is 12.1 Å². The molecule has 4 heteroatoms. The number of carbonyl (C=O) groups is 1. The first-order valence-corrected chi connectivity index (χ1v) is 6.86. The van der Waals surface area contributed by atoms with Crippen molar-refractivity contribution in [2.75, 3.05) is 13.1 Å². The van der Waals surface area contributed by atoms with Crippen LogP contribution in [0.25, 0.3) is 0 Å². The summed E-state index contributed by atoms with van der Waals surface area (Å²) < 4.78 is 5.97. The molecule has 0 unspecified atom stereocenters. The van der Waals surface area contributed by atoms with Crippen molar-refractivity contribution in [3.63, 3.8) is 0 Å². The third-order valence-electron chi connectivity index (χ3n) is 4.06. The van der Waals surface area contributed by atoms with Crippen LogP contribution in [0.1, 0.15) is 24.5 Å². The second-order valence-corrected chi connectivity index (χ2v) is 5.40. The van der Waals surface area contributed by atoms with E-state index in [1.54, 1.807) is 4.90 Å². The molecule has 0 radical (unpaired) electrons. The zero-order chi connectivity index (χ0) is 13.4. The molecule has 1 fully saturated rings. The maximum atomic E-state index is 11.3. The van der Waals surface area contributed by atoms with Crippen LogP contribution in [0.2, 0.25) is 0 Å². The first-order valence-electron chi connectivity index (χ1n) is 6.86. The number of benzene rings is 1. The number of rotatable bonds is 2. The molecule has 1 aliphatic carbocycles. The number of hydrogen-bond acceptors (Lipinski definition) is 3. The minimum atomic E-state index is -0.596. The number of hydrogen-bond donors (Lipinski definition) is 1. The summed E-state index contributed by atoms with van der Waals surface area (Å²) in [5, 5.41) is 10.00. The minimum Gasteiger partial charge on any atom is -0.485 e. The maximum Gasteiger partial charge on any atom is 0.219 e. The van der Waals surface area contributed by atoms with Crippen molar-refractivity contribution in [3.8, 4) is 5.75 Å². The molecule has 19 heavy (non-hydrogen) atoms. The smallest absolute Gasteiger partial charge is 0.219 e. The molecule has 2 atom stereocenters. The summed E-state index contributed by atoms with van der Waals surface area (Å²) >= 11 is 0. The number of likely N-dealkylation sites (tertiary alicyclic amines) is 1. The van der Waals surface area contributed by atoms with Gasteiger partial charge < -0.3 is 14.7 Å². The number of ether oxygens (including phenoxy) is 1. The van der Waals surface area contributed by atoms with Crippen LogP contribution in [0.3, 0.4) is 0 Å². The molecule has 1 N–H and O–H groups in total. The highest BCUT2D eigenvalue weighted by molar-refractivity contribution is 5.73. The van der Waals surface area contributed by atoms with Crippen molar-refractivity contribution in [3.05, 3.63) is 29.3 Å². The number of amides is 1. The molecule has 0 spiro atoms. The largest absolute Gasteiger partial charge is 0.485 e. The molecule has 0 aromatic heterocycles. The SMILES string of the molecule is CC(=O)N1C[C@@H](O)[C@H](Oc2cccc3c2CCC3)C1. The van der Waals surface area contributed by atoms with Crippen LogP contribution in [-0.2, 0) is 17.6 Å². The van der Waals surface area contributed by atoms with Crippen LogP contribution < -0.4 is 4.74 Å². The molecule has 3 rings (SSSR count). The Morgan fingerprint density at radius 1 is 1.37 bits per heavy atom. The fourth-order valence-corrected chi connectivity index (χ4v) is 2.99. The monoisotopic (exact) mass is 261 g/mol. The number of β-amino-alcohol motifs (C(OH)–C–C–N with tert-alkyl or cyclic N) is 1. The van der Waals surface area contributed by atoms with Gasteiger partial charge in [-0.25, -0.2) is 0 Å². The van der Waals surface area contributed by atoms with Crippen LogP contribution in [0.5, 0.6) is 5.75 Å². The van der Waals surface area contributed by atoms with Crippen molar-refractivity contribution in [1.82, 2.24) is 4.90 Å². The van der Waals surface area contributed by atoms with E-state index in [1.165, 1.54) is 24.5 Å². The molecule has 1 aromatic carbocycles. The number of nitrogens with zero attached hydrogens (tertiary/aromatic N) is 1. The zero-order valence-corrected chi connectivity index (χ0v) is 11.1. The lowest BCUT2D eigenvalue weighted by Crippen LogP contribution is -2.30. The molecule has 4 nitrogen and oxygen atoms in total. The Bertz CT molecular complexity index is 500. The van der Waals surface area contributed by atoms with E-state index in [4.69, 9.17) is 4.74 Å². The van der Waals surface area contributed by atoms with Crippen LogP contribution in [0.4, 0.5) is 0 Å². The number of carbonyl (C=O) groups excluding carboxylic acids is 1. The van der Waals surface area contributed by atoms with Gasteiger partial charge in [-0.3, -0.25) is 4.79 Å². The van der Waals surface area contributed by atoms with Crippen molar-refractivity contribution in [2.24, 2.45) is 0 Å².